The van der Waals surface area contributed by atoms with Crippen molar-refractivity contribution in [3.8, 4) is 51.8 Å². The number of hydrogen-bond acceptors (Lipinski definition) is 3. The number of para-hydroxylation sites is 4. The highest BCUT2D eigenvalue weighted by Gasteiger charge is 2.21. The first-order valence-corrected chi connectivity index (χ1v) is 16.3. The van der Waals surface area contributed by atoms with Crippen LogP contribution in [0, 0.1) is 34.0 Å². The lowest BCUT2D eigenvalue weighted by molar-refractivity contribution is 1.16. The third-order valence-electron chi connectivity index (χ3n) is 9.61. The number of benzene rings is 7. The van der Waals surface area contributed by atoms with Gasteiger partial charge in [-0.1, -0.05) is 91.0 Å². The Morgan fingerprint density at radius 1 is 0.400 bits per heavy atom. The van der Waals surface area contributed by atoms with Gasteiger partial charge in [0.25, 0.3) is 0 Å². The Labute approximate surface area is 287 Å². The highest BCUT2D eigenvalue weighted by molar-refractivity contribution is 6.12. The Morgan fingerprint density at radius 3 is 1.78 bits per heavy atom. The number of rotatable bonds is 4. The van der Waals surface area contributed by atoms with Gasteiger partial charge < -0.3 is 9.13 Å². The summed E-state index contributed by atoms with van der Waals surface area (Å²) < 4.78 is 4.34. The molecule has 7 aromatic carbocycles. The molecule has 0 unspecified atom stereocenters. The van der Waals surface area contributed by atoms with Crippen molar-refractivity contribution in [1.82, 2.24) is 9.13 Å². The van der Waals surface area contributed by atoms with Crippen LogP contribution in [0.2, 0.25) is 0 Å². The second kappa shape index (κ2) is 11.4. The van der Waals surface area contributed by atoms with Gasteiger partial charge in [-0.25, -0.2) is 0 Å². The van der Waals surface area contributed by atoms with Gasteiger partial charge in [-0.15, -0.1) is 0 Å². The van der Waals surface area contributed by atoms with E-state index in [1.54, 1.807) is 0 Å². The Morgan fingerprint density at radius 2 is 1.00 bits per heavy atom. The van der Waals surface area contributed by atoms with E-state index in [9.17, 15) is 15.8 Å². The lowest BCUT2D eigenvalue weighted by Crippen LogP contribution is -2.02. The predicted molar refractivity (Wildman–Crippen MR) is 200 cm³/mol. The molecule has 0 aliphatic rings. The summed E-state index contributed by atoms with van der Waals surface area (Å²) in [4.78, 5) is 0. The maximum absolute atomic E-state index is 10.4. The molecule has 0 N–H and O–H groups in total. The molecule has 0 fully saturated rings. The van der Waals surface area contributed by atoms with E-state index in [0.717, 1.165) is 77.2 Å². The molecule has 5 heteroatoms. The summed E-state index contributed by atoms with van der Waals surface area (Å²) in [6.45, 7) is 0. The summed E-state index contributed by atoms with van der Waals surface area (Å²) in [6.07, 6.45) is 0. The Bertz CT molecular complexity index is 2970. The van der Waals surface area contributed by atoms with Crippen molar-refractivity contribution in [3.63, 3.8) is 0 Å². The molecule has 230 valence electrons. The number of nitriles is 3. The van der Waals surface area contributed by atoms with Gasteiger partial charge >= 0.3 is 0 Å². The van der Waals surface area contributed by atoms with Gasteiger partial charge in [-0.2, -0.15) is 15.8 Å². The van der Waals surface area contributed by atoms with E-state index in [1.807, 2.05) is 78.9 Å². The summed E-state index contributed by atoms with van der Waals surface area (Å²) >= 11 is 0. The molecular weight excluding hydrogens is 611 g/mol. The van der Waals surface area contributed by atoms with Gasteiger partial charge in [0.15, 0.2) is 0 Å². The van der Waals surface area contributed by atoms with Crippen LogP contribution in [0.25, 0.3) is 77.2 Å². The smallest absolute Gasteiger partial charge is 0.101 e. The van der Waals surface area contributed by atoms with E-state index in [-0.39, 0.29) is 0 Å². The third-order valence-corrected chi connectivity index (χ3v) is 9.61. The summed E-state index contributed by atoms with van der Waals surface area (Å²) in [5, 5.41) is 34.4. The fourth-order valence-electron chi connectivity index (χ4n) is 7.46. The Kier molecular flexibility index (Phi) is 6.56. The maximum atomic E-state index is 10.4. The first-order valence-electron chi connectivity index (χ1n) is 16.3. The average Bonchev–Trinajstić information content (AvgIpc) is 3.70. The van der Waals surface area contributed by atoms with Gasteiger partial charge in [0, 0.05) is 32.8 Å². The molecule has 0 amide bonds. The van der Waals surface area contributed by atoms with Crippen molar-refractivity contribution in [2.45, 2.75) is 0 Å². The minimum absolute atomic E-state index is 0.524. The van der Waals surface area contributed by atoms with Crippen molar-refractivity contribution in [2.75, 3.05) is 0 Å². The molecule has 0 aliphatic carbocycles. The molecule has 9 aromatic rings. The van der Waals surface area contributed by atoms with Crippen LogP contribution < -0.4 is 0 Å². The Balaban J connectivity index is 1.24. The van der Waals surface area contributed by atoms with Crippen LogP contribution in [-0.4, -0.2) is 9.13 Å². The zero-order chi connectivity index (χ0) is 33.8. The predicted octanol–water partition coefficient (Wildman–Crippen LogP) is 10.8. The molecule has 2 aromatic heterocycles. The van der Waals surface area contributed by atoms with Crippen molar-refractivity contribution in [3.05, 3.63) is 168 Å². The van der Waals surface area contributed by atoms with E-state index in [1.165, 1.54) is 0 Å². The van der Waals surface area contributed by atoms with Crippen molar-refractivity contribution < 1.29 is 0 Å². The van der Waals surface area contributed by atoms with Crippen molar-refractivity contribution in [2.24, 2.45) is 0 Å². The molecule has 0 saturated heterocycles. The SMILES string of the molecule is N#Cc1ccc2c(c1)c1ccccc1n2-c1cccc(-c2cccc(-c3cccc(C#N)c3-n3c4ccccc4c4cccc(C#N)c43)c2)c1. The van der Waals surface area contributed by atoms with Gasteiger partial charge in [0.05, 0.1) is 50.5 Å². The van der Waals surface area contributed by atoms with Gasteiger partial charge in [-0.05, 0) is 77.4 Å². The van der Waals surface area contributed by atoms with Crippen molar-refractivity contribution >= 4 is 43.6 Å². The third kappa shape index (κ3) is 4.31. The van der Waals surface area contributed by atoms with E-state index >= 15 is 0 Å². The van der Waals surface area contributed by atoms with Crippen LogP contribution in [-0.2, 0) is 0 Å². The molecule has 50 heavy (non-hydrogen) atoms. The van der Waals surface area contributed by atoms with E-state index in [4.69, 9.17) is 0 Å². The molecule has 0 aliphatic heterocycles. The first kappa shape index (κ1) is 28.8. The van der Waals surface area contributed by atoms with Crippen LogP contribution in [0.1, 0.15) is 16.7 Å². The highest BCUT2D eigenvalue weighted by atomic mass is 15.0. The molecule has 9 rings (SSSR count). The minimum Gasteiger partial charge on any atom is -0.309 e. The van der Waals surface area contributed by atoms with Crippen LogP contribution in [0.4, 0.5) is 0 Å². The van der Waals surface area contributed by atoms with Crippen molar-refractivity contribution in [1.29, 1.82) is 15.8 Å². The molecule has 2 heterocycles. The fourth-order valence-corrected chi connectivity index (χ4v) is 7.46. The molecular formula is C45H25N5. The van der Waals surface area contributed by atoms with E-state index in [0.29, 0.717) is 16.7 Å². The standard InChI is InChI=1S/C45H25N5/c46-26-29-21-22-43-40(23-29)38-16-2-3-19-41(38)49(43)35-14-6-10-31(25-35)30-9-5-11-32(24-30)36-17-7-12-33(27-47)44(36)50-42-20-4-1-15-37(42)39-18-8-13-34(28-48)45(39)50/h1-25H. The summed E-state index contributed by atoms with van der Waals surface area (Å²) in [5.41, 5.74) is 11.3. The maximum Gasteiger partial charge on any atom is 0.101 e. The van der Waals surface area contributed by atoms with Gasteiger partial charge in [0.2, 0.25) is 0 Å². The number of fused-ring (bicyclic) bond motifs is 6. The van der Waals surface area contributed by atoms with Crippen LogP contribution in [0.5, 0.6) is 0 Å². The quantitative estimate of drug-likeness (QED) is 0.193. The lowest BCUT2D eigenvalue weighted by Gasteiger charge is -2.17. The monoisotopic (exact) mass is 635 g/mol. The average molecular weight is 636 g/mol. The zero-order valence-corrected chi connectivity index (χ0v) is 26.7. The zero-order valence-electron chi connectivity index (χ0n) is 26.7. The largest absolute Gasteiger partial charge is 0.309 e. The number of hydrogen-bond donors (Lipinski definition) is 0. The normalized spacial score (nSPS) is 11.1. The molecule has 0 atom stereocenters. The number of aromatic nitrogens is 2. The second-order valence-corrected chi connectivity index (χ2v) is 12.3. The minimum atomic E-state index is 0.524. The van der Waals surface area contributed by atoms with Gasteiger partial charge in [0.1, 0.15) is 12.1 Å². The molecule has 5 nitrogen and oxygen atoms in total. The Hall–Kier alpha value is -7.39. The fraction of sp³-hybridized carbons (Fsp3) is 0. The highest BCUT2D eigenvalue weighted by Crippen LogP contribution is 2.40. The molecule has 0 bridgehead atoms. The van der Waals surface area contributed by atoms with E-state index < -0.39 is 0 Å². The van der Waals surface area contributed by atoms with Gasteiger partial charge in [-0.3, -0.25) is 0 Å². The van der Waals surface area contributed by atoms with Crippen LogP contribution in [0.15, 0.2) is 152 Å². The number of nitrogens with zero attached hydrogens (tertiary/aromatic N) is 5. The summed E-state index contributed by atoms with van der Waals surface area (Å²) in [5.74, 6) is 0. The summed E-state index contributed by atoms with van der Waals surface area (Å²) in [7, 11) is 0. The molecule has 0 saturated carbocycles. The van der Waals surface area contributed by atoms with Crippen LogP contribution in [0.3, 0.4) is 0 Å². The van der Waals surface area contributed by atoms with E-state index in [2.05, 4.69) is 100 Å². The topological polar surface area (TPSA) is 81.2 Å². The second-order valence-electron chi connectivity index (χ2n) is 12.3. The lowest BCUT2D eigenvalue weighted by atomic mass is 9.96. The molecule has 0 spiro atoms. The molecule has 0 radical (unpaired) electrons. The first-order chi connectivity index (χ1) is 24.7. The van der Waals surface area contributed by atoms with Crippen LogP contribution >= 0.6 is 0 Å². The summed E-state index contributed by atoms with van der Waals surface area (Å²) in [6, 6.07) is 57.9.